The second-order valence-corrected chi connectivity index (χ2v) is 6.30. The molecule has 0 saturated carbocycles. The average Bonchev–Trinajstić information content (AvgIpc) is 3.08. The number of rotatable bonds is 2. The number of halogens is 1. The highest BCUT2D eigenvalue weighted by atomic mass is 35.5. The predicted molar refractivity (Wildman–Crippen MR) is 95.2 cm³/mol. The zero-order valence-electron chi connectivity index (χ0n) is 12.9. The normalized spacial score (nSPS) is 18.6. The van der Waals surface area contributed by atoms with Crippen LogP contribution in [0.3, 0.4) is 0 Å². The fourth-order valence-corrected chi connectivity index (χ4v) is 3.29. The number of benzene rings is 1. The highest BCUT2D eigenvalue weighted by Gasteiger charge is 2.30. The van der Waals surface area contributed by atoms with Crippen molar-refractivity contribution in [3.63, 3.8) is 0 Å². The lowest BCUT2D eigenvalue weighted by atomic mass is 9.84. The highest BCUT2D eigenvalue weighted by Crippen LogP contribution is 2.35. The van der Waals surface area contributed by atoms with Gasteiger partial charge in [0.2, 0.25) is 5.78 Å². The topological polar surface area (TPSA) is 34.9 Å². The third-order valence-corrected chi connectivity index (χ3v) is 4.63. The molecule has 1 atom stereocenters. The van der Waals surface area contributed by atoms with E-state index in [1.54, 1.807) is 12.4 Å². The van der Waals surface area contributed by atoms with Crippen LogP contribution in [-0.2, 0) is 6.54 Å². The van der Waals surface area contributed by atoms with Crippen molar-refractivity contribution in [3.05, 3.63) is 94.5 Å². The maximum atomic E-state index is 13.0. The molecule has 3 nitrogen and oxygen atoms in total. The summed E-state index contributed by atoms with van der Waals surface area (Å²) in [6, 6.07) is 15.3. The Morgan fingerprint density at radius 2 is 1.83 bits per heavy atom. The standard InChI is InChI=1S/C20H15ClN2O/c21-16-5-3-15(4-6-16)18-13-23-11-1-2-19(23)20(24)17(18)12-14-7-9-22-10-8-14/h1-12,18H,13H2/b17-12-. The van der Waals surface area contributed by atoms with E-state index >= 15 is 0 Å². The molecule has 0 N–H and O–H groups in total. The van der Waals surface area contributed by atoms with E-state index in [2.05, 4.69) is 4.98 Å². The van der Waals surface area contributed by atoms with E-state index in [1.165, 1.54) is 0 Å². The van der Waals surface area contributed by atoms with Gasteiger partial charge in [-0.2, -0.15) is 0 Å². The van der Waals surface area contributed by atoms with Gasteiger partial charge >= 0.3 is 0 Å². The monoisotopic (exact) mass is 334 g/mol. The molecule has 1 aromatic carbocycles. The highest BCUT2D eigenvalue weighted by molar-refractivity contribution is 6.30. The lowest BCUT2D eigenvalue weighted by Gasteiger charge is -2.27. The Hall–Kier alpha value is -2.65. The number of ketones is 1. The molecule has 1 aliphatic rings. The van der Waals surface area contributed by atoms with Crippen LogP contribution in [0.4, 0.5) is 0 Å². The summed E-state index contributed by atoms with van der Waals surface area (Å²) < 4.78 is 2.02. The first-order valence-electron chi connectivity index (χ1n) is 7.79. The number of carbonyl (C=O) groups is 1. The molecule has 0 radical (unpaired) electrons. The Morgan fingerprint density at radius 1 is 1.08 bits per heavy atom. The van der Waals surface area contributed by atoms with Gasteiger partial charge in [0, 0.05) is 41.6 Å². The molecule has 0 fully saturated rings. The molecule has 1 unspecified atom stereocenters. The molecule has 0 aliphatic carbocycles. The molecular weight excluding hydrogens is 320 g/mol. The number of pyridine rings is 1. The van der Waals surface area contributed by atoms with Gasteiger partial charge in [0.05, 0.1) is 5.69 Å². The maximum Gasteiger partial charge on any atom is 0.206 e. The molecule has 118 valence electrons. The minimum Gasteiger partial charge on any atom is -0.344 e. The minimum atomic E-state index is 0.00262. The van der Waals surface area contributed by atoms with Crippen molar-refractivity contribution in [2.24, 2.45) is 0 Å². The molecule has 1 aliphatic heterocycles. The SMILES string of the molecule is O=C1/C(=C\c2ccncc2)C(c2ccc(Cl)cc2)Cn2cccc21. The Kier molecular flexibility index (Phi) is 3.79. The van der Waals surface area contributed by atoms with Gasteiger partial charge in [-0.25, -0.2) is 0 Å². The number of aromatic nitrogens is 2. The lowest BCUT2D eigenvalue weighted by molar-refractivity contribution is 0.100. The number of Topliss-reactive ketones (excluding diaryl/α,β-unsaturated/α-hetero) is 1. The summed E-state index contributed by atoms with van der Waals surface area (Å²) >= 11 is 6.02. The van der Waals surface area contributed by atoms with E-state index in [0.717, 1.165) is 28.9 Å². The van der Waals surface area contributed by atoms with E-state index in [1.807, 2.05) is 65.4 Å². The summed E-state index contributed by atoms with van der Waals surface area (Å²) in [4.78, 5) is 17.0. The van der Waals surface area contributed by atoms with Crippen LogP contribution in [0.5, 0.6) is 0 Å². The Balaban J connectivity index is 1.84. The van der Waals surface area contributed by atoms with E-state index in [-0.39, 0.29) is 11.7 Å². The van der Waals surface area contributed by atoms with E-state index in [4.69, 9.17) is 11.6 Å². The molecule has 0 spiro atoms. The number of hydrogen-bond donors (Lipinski definition) is 0. The predicted octanol–water partition coefficient (Wildman–Crippen LogP) is 4.60. The number of fused-ring (bicyclic) bond motifs is 1. The summed E-state index contributed by atoms with van der Waals surface area (Å²) in [5, 5.41) is 0.696. The number of hydrogen-bond acceptors (Lipinski definition) is 2. The van der Waals surface area contributed by atoms with Gasteiger partial charge in [-0.3, -0.25) is 9.78 Å². The van der Waals surface area contributed by atoms with Crippen LogP contribution in [0, 0.1) is 0 Å². The van der Waals surface area contributed by atoms with Gasteiger partial charge in [-0.1, -0.05) is 23.7 Å². The second kappa shape index (κ2) is 6.10. The zero-order valence-corrected chi connectivity index (χ0v) is 13.6. The Bertz CT molecular complexity index is 910. The third kappa shape index (κ3) is 2.68. The van der Waals surface area contributed by atoms with Crippen LogP contribution in [0.15, 0.2) is 72.7 Å². The van der Waals surface area contributed by atoms with Crippen LogP contribution in [-0.4, -0.2) is 15.3 Å². The van der Waals surface area contributed by atoms with Gasteiger partial charge in [-0.05, 0) is 53.6 Å². The molecule has 0 bridgehead atoms. The number of nitrogens with zero attached hydrogens (tertiary/aromatic N) is 2. The van der Waals surface area contributed by atoms with Crippen molar-refractivity contribution >= 4 is 23.5 Å². The van der Waals surface area contributed by atoms with Crippen molar-refractivity contribution in [1.29, 1.82) is 0 Å². The third-order valence-electron chi connectivity index (χ3n) is 4.38. The average molecular weight is 335 g/mol. The summed E-state index contributed by atoms with van der Waals surface area (Å²) in [6.45, 7) is 0.743. The zero-order chi connectivity index (χ0) is 16.5. The molecule has 3 aromatic rings. The number of allylic oxidation sites excluding steroid dienone is 1. The van der Waals surface area contributed by atoms with Crippen LogP contribution in [0.25, 0.3) is 6.08 Å². The van der Waals surface area contributed by atoms with Crippen molar-refractivity contribution in [3.8, 4) is 0 Å². The van der Waals surface area contributed by atoms with Crippen molar-refractivity contribution < 1.29 is 4.79 Å². The number of carbonyl (C=O) groups excluding carboxylic acids is 1. The van der Waals surface area contributed by atoms with E-state index < -0.39 is 0 Å². The largest absolute Gasteiger partial charge is 0.344 e. The first-order chi connectivity index (χ1) is 11.7. The minimum absolute atomic E-state index is 0.00262. The van der Waals surface area contributed by atoms with Crippen LogP contribution < -0.4 is 0 Å². The van der Waals surface area contributed by atoms with E-state index in [0.29, 0.717) is 5.02 Å². The van der Waals surface area contributed by atoms with Crippen molar-refractivity contribution in [2.75, 3.05) is 0 Å². The van der Waals surface area contributed by atoms with Gasteiger partial charge < -0.3 is 4.57 Å². The molecule has 0 amide bonds. The van der Waals surface area contributed by atoms with Crippen LogP contribution >= 0.6 is 11.6 Å². The molecule has 2 aromatic heterocycles. The smallest absolute Gasteiger partial charge is 0.206 e. The molecular formula is C20H15ClN2O. The van der Waals surface area contributed by atoms with Gasteiger partial charge in [0.25, 0.3) is 0 Å². The van der Waals surface area contributed by atoms with Crippen molar-refractivity contribution in [1.82, 2.24) is 9.55 Å². The second-order valence-electron chi connectivity index (χ2n) is 5.86. The maximum absolute atomic E-state index is 13.0. The molecule has 4 rings (SSSR count). The molecule has 3 heterocycles. The molecule has 4 heteroatoms. The Labute approximate surface area is 145 Å². The molecule has 24 heavy (non-hydrogen) atoms. The summed E-state index contributed by atoms with van der Waals surface area (Å²) in [5.41, 5.74) is 3.61. The van der Waals surface area contributed by atoms with Crippen molar-refractivity contribution in [2.45, 2.75) is 12.5 Å². The quantitative estimate of drug-likeness (QED) is 0.642. The lowest BCUT2D eigenvalue weighted by Crippen LogP contribution is -2.26. The Morgan fingerprint density at radius 3 is 2.58 bits per heavy atom. The first-order valence-corrected chi connectivity index (χ1v) is 8.17. The van der Waals surface area contributed by atoms with Crippen LogP contribution in [0.2, 0.25) is 5.02 Å². The fourth-order valence-electron chi connectivity index (χ4n) is 3.17. The fraction of sp³-hybridized carbons (Fsp3) is 0.100. The van der Waals surface area contributed by atoms with Gasteiger partial charge in [0.15, 0.2) is 0 Å². The summed E-state index contributed by atoms with van der Waals surface area (Å²) in [5.74, 6) is 0.0749. The summed E-state index contributed by atoms with van der Waals surface area (Å²) in [7, 11) is 0. The van der Waals surface area contributed by atoms with Crippen LogP contribution in [0.1, 0.15) is 27.5 Å². The van der Waals surface area contributed by atoms with E-state index in [9.17, 15) is 4.79 Å². The first kappa shape index (κ1) is 14.9. The van der Waals surface area contributed by atoms with Gasteiger partial charge in [-0.15, -0.1) is 0 Å². The van der Waals surface area contributed by atoms with Gasteiger partial charge in [0.1, 0.15) is 0 Å². The molecule has 0 saturated heterocycles. The summed E-state index contributed by atoms with van der Waals surface area (Å²) in [6.07, 6.45) is 7.40.